The highest BCUT2D eigenvalue weighted by atomic mass is 16.5. The zero-order valence-electron chi connectivity index (χ0n) is 15.7. The van der Waals surface area contributed by atoms with E-state index in [1.807, 2.05) is 78.9 Å². The van der Waals surface area contributed by atoms with Gasteiger partial charge in [-0.15, -0.1) is 0 Å². The van der Waals surface area contributed by atoms with Gasteiger partial charge in [0.25, 0.3) is 0 Å². The van der Waals surface area contributed by atoms with Crippen LogP contribution in [0.2, 0.25) is 0 Å². The van der Waals surface area contributed by atoms with E-state index in [9.17, 15) is 9.90 Å². The van der Waals surface area contributed by atoms with Gasteiger partial charge in [0.2, 0.25) is 0 Å². The van der Waals surface area contributed by atoms with Crippen LogP contribution in [0.5, 0.6) is 11.5 Å². The third-order valence-corrected chi connectivity index (χ3v) is 4.68. The molecular formula is C26H19O3. The van der Waals surface area contributed by atoms with Crippen molar-refractivity contribution in [3.63, 3.8) is 0 Å². The third kappa shape index (κ3) is 4.53. The molecule has 141 valence electrons. The van der Waals surface area contributed by atoms with Crippen LogP contribution in [0.15, 0.2) is 103 Å². The van der Waals surface area contributed by atoms with Gasteiger partial charge in [-0.3, -0.25) is 9.90 Å². The number of hydrogen-bond acceptors (Lipinski definition) is 2. The van der Waals surface area contributed by atoms with Crippen molar-refractivity contribution >= 4 is 5.78 Å². The van der Waals surface area contributed by atoms with E-state index in [2.05, 4.69) is 0 Å². The summed E-state index contributed by atoms with van der Waals surface area (Å²) in [6.07, 6.45) is 0. The van der Waals surface area contributed by atoms with Crippen molar-refractivity contribution in [2.75, 3.05) is 0 Å². The van der Waals surface area contributed by atoms with E-state index in [-0.39, 0.29) is 11.5 Å². The van der Waals surface area contributed by atoms with Gasteiger partial charge in [-0.05, 0) is 41.0 Å². The highest BCUT2D eigenvalue weighted by Crippen LogP contribution is 2.23. The molecule has 3 heteroatoms. The van der Waals surface area contributed by atoms with Crippen molar-refractivity contribution in [2.24, 2.45) is 0 Å². The summed E-state index contributed by atoms with van der Waals surface area (Å²) in [6, 6.07) is 31.2. The van der Waals surface area contributed by atoms with E-state index in [0.29, 0.717) is 23.5 Å². The second-order valence-corrected chi connectivity index (χ2v) is 6.73. The Hall–Kier alpha value is -3.85. The first-order valence-corrected chi connectivity index (χ1v) is 9.38. The maximum atomic E-state index is 12.6. The first kappa shape index (κ1) is 18.5. The van der Waals surface area contributed by atoms with E-state index < -0.39 is 0 Å². The minimum absolute atomic E-state index is 0.00625. The minimum atomic E-state index is -0.0236. The van der Waals surface area contributed by atoms with E-state index in [1.165, 1.54) is 0 Å². The molecule has 0 spiro atoms. The van der Waals surface area contributed by atoms with Crippen molar-refractivity contribution in [2.45, 2.75) is 6.61 Å². The van der Waals surface area contributed by atoms with Gasteiger partial charge in [-0.25, -0.2) is 0 Å². The summed E-state index contributed by atoms with van der Waals surface area (Å²) in [5.41, 5.74) is 4.33. The molecule has 0 amide bonds. The molecule has 4 aromatic carbocycles. The summed E-state index contributed by atoms with van der Waals surface area (Å²) in [5, 5.41) is 11.2. The molecule has 0 saturated heterocycles. The predicted octanol–water partition coefficient (Wildman–Crippen LogP) is 6.31. The summed E-state index contributed by atoms with van der Waals surface area (Å²) in [6.45, 7) is 0.406. The highest BCUT2D eigenvalue weighted by molar-refractivity contribution is 6.09. The predicted molar refractivity (Wildman–Crippen MR) is 113 cm³/mol. The lowest BCUT2D eigenvalue weighted by Crippen LogP contribution is -2.02. The molecule has 0 N–H and O–H groups in total. The molecule has 0 heterocycles. The van der Waals surface area contributed by atoms with E-state index >= 15 is 0 Å². The molecule has 0 aromatic heterocycles. The first-order chi connectivity index (χ1) is 14.2. The molecule has 0 atom stereocenters. The number of carbonyl (C=O) groups is 1. The van der Waals surface area contributed by atoms with E-state index in [1.54, 1.807) is 24.3 Å². The average molecular weight is 379 g/mol. The fraction of sp³-hybridized carbons (Fsp3) is 0.0385. The fourth-order valence-electron chi connectivity index (χ4n) is 3.09. The van der Waals surface area contributed by atoms with Crippen molar-refractivity contribution in [3.05, 3.63) is 120 Å². The number of ether oxygens (including phenoxy) is 1. The Morgan fingerprint density at radius 2 is 1.28 bits per heavy atom. The van der Waals surface area contributed by atoms with Crippen molar-refractivity contribution < 1.29 is 14.6 Å². The average Bonchev–Trinajstić information content (AvgIpc) is 2.79. The van der Waals surface area contributed by atoms with Gasteiger partial charge in [0.05, 0.1) is 0 Å². The highest BCUT2D eigenvalue weighted by Gasteiger charge is 2.09. The Kier molecular flexibility index (Phi) is 5.39. The molecule has 1 radical (unpaired) electrons. The topological polar surface area (TPSA) is 46.2 Å². The van der Waals surface area contributed by atoms with Gasteiger partial charge in [-0.1, -0.05) is 78.9 Å². The normalized spacial score (nSPS) is 10.5. The lowest BCUT2D eigenvalue weighted by atomic mass is 10.0. The molecule has 4 rings (SSSR count). The van der Waals surface area contributed by atoms with Gasteiger partial charge in [-0.2, -0.15) is 0 Å². The molecule has 3 nitrogen and oxygen atoms in total. The molecule has 0 fully saturated rings. The molecular weight excluding hydrogens is 360 g/mol. The summed E-state index contributed by atoms with van der Waals surface area (Å²) < 4.78 is 5.89. The van der Waals surface area contributed by atoms with Crippen LogP contribution in [0.3, 0.4) is 0 Å². The molecule has 0 saturated carbocycles. The fourth-order valence-corrected chi connectivity index (χ4v) is 3.09. The van der Waals surface area contributed by atoms with Gasteiger partial charge < -0.3 is 4.74 Å². The maximum absolute atomic E-state index is 12.6. The number of rotatable bonds is 6. The Balaban J connectivity index is 1.43. The Morgan fingerprint density at radius 3 is 1.97 bits per heavy atom. The maximum Gasteiger partial charge on any atom is 0.193 e. The van der Waals surface area contributed by atoms with Gasteiger partial charge >= 0.3 is 0 Å². The van der Waals surface area contributed by atoms with Crippen LogP contribution in [0.25, 0.3) is 11.1 Å². The van der Waals surface area contributed by atoms with Crippen LogP contribution < -0.4 is 4.74 Å². The largest absolute Gasteiger partial charge is 0.489 e. The summed E-state index contributed by atoms with van der Waals surface area (Å²) in [4.78, 5) is 12.6. The lowest BCUT2D eigenvalue weighted by Gasteiger charge is -2.09. The molecule has 29 heavy (non-hydrogen) atoms. The van der Waals surface area contributed by atoms with Crippen LogP contribution in [-0.4, -0.2) is 5.78 Å². The number of benzene rings is 4. The van der Waals surface area contributed by atoms with Crippen molar-refractivity contribution in [1.82, 2.24) is 0 Å². The Labute approximate surface area is 169 Å². The summed E-state index contributed by atoms with van der Waals surface area (Å²) in [5.74, 6) is 0.637. The number of carbonyl (C=O) groups excluding carboxylic acids is 1. The van der Waals surface area contributed by atoms with Crippen LogP contribution >= 0.6 is 0 Å². The first-order valence-electron chi connectivity index (χ1n) is 9.38. The van der Waals surface area contributed by atoms with Crippen LogP contribution in [0, 0.1) is 0 Å². The van der Waals surface area contributed by atoms with Crippen LogP contribution in [0.4, 0.5) is 0 Å². The Morgan fingerprint density at radius 1 is 0.655 bits per heavy atom. The zero-order valence-corrected chi connectivity index (χ0v) is 15.7. The number of hydrogen-bond donors (Lipinski definition) is 0. The summed E-state index contributed by atoms with van der Waals surface area (Å²) in [7, 11) is 0. The lowest BCUT2D eigenvalue weighted by molar-refractivity contribution is 0.103. The second-order valence-electron chi connectivity index (χ2n) is 6.73. The zero-order chi connectivity index (χ0) is 20.1. The van der Waals surface area contributed by atoms with Crippen LogP contribution in [-0.2, 0) is 11.7 Å². The van der Waals surface area contributed by atoms with Crippen molar-refractivity contribution in [3.8, 4) is 22.6 Å². The molecule has 0 aliphatic carbocycles. The van der Waals surface area contributed by atoms with E-state index in [0.717, 1.165) is 16.7 Å². The molecule has 0 bridgehead atoms. The third-order valence-electron chi connectivity index (χ3n) is 4.68. The van der Waals surface area contributed by atoms with Gasteiger partial charge in [0.1, 0.15) is 12.4 Å². The van der Waals surface area contributed by atoms with Crippen molar-refractivity contribution in [1.29, 1.82) is 0 Å². The standard InChI is InChI=1S/C26H19O3/c27-24-15-13-21(14-16-24)20-11-9-19(10-12-20)18-29-25-8-4-7-23(17-25)26(28)22-5-2-1-3-6-22/h1-17H,18H2. The van der Waals surface area contributed by atoms with E-state index in [4.69, 9.17) is 4.74 Å². The number of ketones is 1. The van der Waals surface area contributed by atoms with Gasteiger partial charge in [0, 0.05) is 11.1 Å². The molecule has 0 unspecified atom stereocenters. The smallest absolute Gasteiger partial charge is 0.193 e. The quantitative estimate of drug-likeness (QED) is 0.369. The summed E-state index contributed by atoms with van der Waals surface area (Å²) >= 11 is 0. The van der Waals surface area contributed by atoms with Crippen LogP contribution in [0.1, 0.15) is 21.5 Å². The van der Waals surface area contributed by atoms with Gasteiger partial charge in [0.15, 0.2) is 11.5 Å². The molecule has 4 aromatic rings. The molecule has 0 aliphatic rings. The Bertz CT molecular complexity index is 1100. The monoisotopic (exact) mass is 379 g/mol. The minimum Gasteiger partial charge on any atom is -0.489 e. The molecule has 0 aliphatic heterocycles. The SMILES string of the molecule is [O]c1ccc(-c2ccc(COc3cccc(C(=O)c4ccccc4)c3)cc2)cc1. The second kappa shape index (κ2) is 8.44.